The lowest BCUT2D eigenvalue weighted by Crippen LogP contribution is -2.37. The van der Waals surface area contributed by atoms with Crippen LogP contribution < -0.4 is 19.9 Å². The summed E-state index contributed by atoms with van der Waals surface area (Å²) >= 11 is 0. The number of nitrogens with zero attached hydrogens (tertiary/aromatic N) is 4. The fourth-order valence-corrected chi connectivity index (χ4v) is 5.36. The molecular formula is C33H36N4O3. The zero-order chi connectivity index (χ0) is 28.2. The van der Waals surface area contributed by atoms with E-state index in [-0.39, 0.29) is 5.56 Å². The van der Waals surface area contributed by atoms with E-state index in [1.807, 2.05) is 78.5 Å². The van der Waals surface area contributed by atoms with Crippen LogP contribution in [0.4, 0.5) is 5.95 Å². The average molecular weight is 537 g/mol. The summed E-state index contributed by atoms with van der Waals surface area (Å²) in [6.07, 6.45) is 2.02. The molecule has 0 unspecified atom stereocenters. The van der Waals surface area contributed by atoms with Crippen LogP contribution >= 0.6 is 0 Å². The van der Waals surface area contributed by atoms with Crippen LogP contribution in [-0.4, -0.2) is 40.4 Å². The fourth-order valence-electron chi connectivity index (χ4n) is 5.36. The minimum absolute atomic E-state index is 0.0760. The highest BCUT2D eigenvalue weighted by atomic mass is 16.5. The molecule has 0 aliphatic heterocycles. The molecule has 7 nitrogen and oxygen atoms in total. The van der Waals surface area contributed by atoms with Crippen LogP contribution in [0.25, 0.3) is 22.2 Å². The topological polar surface area (TPSA) is 61.5 Å². The summed E-state index contributed by atoms with van der Waals surface area (Å²) in [5.74, 6) is 2.18. The quantitative estimate of drug-likeness (QED) is 0.225. The van der Waals surface area contributed by atoms with Gasteiger partial charge in [-0.3, -0.25) is 9.36 Å². The number of benzene rings is 3. The van der Waals surface area contributed by atoms with Gasteiger partial charge in [0.1, 0.15) is 30.4 Å². The van der Waals surface area contributed by atoms with Gasteiger partial charge in [0, 0.05) is 25.9 Å². The molecule has 40 heavy (non-hydrogen) atoms. The summed E-state index contributed by atoms with van der Waals surface area (Å²) < 4.78 is 15.6. The van der Waals surface area contributed by atoms with Gasteiger partial charge in [-0.2, -0.15) is 4.98 Å². The predicted octanol–water partition coefficient (Wildman–Crippen LogP) is 5.83. The maximum atomic E-state index is 14.0. The average Bonchev–Trinajstić information content (AvgIpc) is 3.26. The van der Waals surface area contributed by atoms with E-state index < -0.39 is 0 Å². The lowest BCUT2D eigenvalue weighted by molar-refractivity contribution is 0.301. The molecule has 0 saturated carbocycles. The highest BCUT2D eigenvalue weighted by Gasteiger charge is 2.22. The van der Waals surface area contributed by atoms with Gasteiger partial charge in [-0.05, 0) is 61.7 Å². The number of ether oxygens (including phenoxy) is 2. The van der Waals surface area contributed by atoms with Gasteiger partial charge in [-0.15, -0.1) is 0 Å². The minimum Gasteiger partial charge on any atom is -0.492 e. The van der Waals surface area contributed by atoms with Crippen molar-refractivity contribution in [2.24, 2.45) is 14.1 Å². The molecule has 206 valence electrons. The fraction of sp³-hybridized carbons (Fsp3) is 0.273. The Bertz CT molecular complexity index is 1610. The molecule has 0 aliphatic carbocycles. The molecule has 0 bridgehead atoms. The molecular weight excluding hydrogens is 500 g/mol. The molecule has 5 aromatic rings. The second kappa shape index (κ2) is 11.7. The highest BCUT2D eigenvalue weighted by molar-refractivity contribution is 5.95. The lowest BCUT2D eigenvalue weighted by atomic mass is 9.94. The number of fused-ring (bicyclic) bond motifs is 1. The Kier molecular flexibility index (Phi) is 7.91. The number of rotatable bonds is 10. The number of anilines is 1. The van der Waals surface area contributed by atoms with Crippen LogP contribution in [0.5, 0.6) is 11.5 Å². The molecule has 0 fully saturated rings. The zero-order valence-electron chi connectivity index (χ0n) is 23.8. The second-order valence-electron chi connectivity index (χ2n) is 10.2. The Morgan fingerprint density at radius 3 is 1.85 bits per heavy atom. The maximum Gasteiger partial charge on any atom is 0.264 e. The van der Waals surface area contributed by atoms with Crippen molar-refractivity contribution < 1.29 is 9.47 Å². The van der Waals surface area contributed by atoms with E-state index in [9.17, 15) is 4.79 Å². The van der Waals surface area contributed by atoms with Crippen molar-refractivity contribution in [3.63, 3.8) is 0 Å². The van der Waals surface area contributed by atoms with Gasteiger partial charge in [0.15, 0.2) is 0 Å². The first-order chi connectivity index (χ1) is 19.3. The molecule has 0 aliphatic rings. The summed E-state index contributed by atoms with van der Waals surface area (Å²) in [4.78, 5) is 21.1. The molecule has 0 amide bonds. The highest BCUT2D eigenvalue weighted by Crippen LogP contribution is 2.33. The standard InChI is InChI=1S/C33H36N4O3/c1-23-20-24(2)29(25(3)21-23)28-22-35(4)31-30(28)32(38)36(5)33(34-31)37(16-18-39-26-12-8-6-9-13-26)17-19-40-27-14-10-7-11-15-27/h6-15,20-22H,16-19H2,1-5H3. The van der Waals surface area contributed by atoms with Crippen molar-refractivity contribution in [1.29, 1.82) is 0 Å². The van der Waals surface area contributed by atoms with Gasteiger partial charge in [-0.1, -0.05) is 54.1 Å². The van der Waals surface area contributed by atoms with Crippen molar-refractivity contribution >= 4 is 17.0 Å². The summed E-state index contributed by atoms with van der Waals surface area (Å²) in [5.41, 5.74) is 6.09. The summed E-state index contributed by atoms with van der Waals surface area (Å²) in [6, 6.07) is 23.8. The Labute approximate surface area is 235 Å². The summed E-state index contributed by atoms with van der Waals surface area (Å²) in [6.45, 7) is 8.23. The Morgan fingerprint density at radius 2 is 1.32 bits per heavy atom. The first-order valence-corrected chi connectivity index (χ1v) is 13.6. The second-order valence-corrected chi connectivity index (χ2v) is 10.2. The third kappa shape index (κ3) is 5.59. The zero-order valence-corrected chi connectivity index (χ0v) is 23.8. The molecule has 0 N–H and O–H groups in total. The van der Waals surface area contributed by atoms with Crippen LogP contribution in [-0.2, 0) is 14.1 Å². The van der Waals surface area contributed by atoms with E-state index in [0.717, 1.165) is 33.8 Å². The van der Waals surface area contributed by atoms with E-state index >= 15 is 0 Å². The van der Waals surface area contributed by atoms with Crippen molar-refractivity contribution in [3.05, 3.63) is 106 Å². The van der Waals surface area contributed by atoms with Gasteiger partial charge in [-0.25, -0.2) is 0 Å². The van der Waals surface area contributed by atoms with Gasteiger partial charge >= 0.3 is 0 Å². The Morgan fingerprint density at radius 1 is 0.800 bits per heavy atom. The monoisotopic (exact) mass is 536 g/mol. The predicted molar refractivity (Wildman–Crippen MR) is 162 cm³/mol. The first-order valence-electron chi connectivity index (χ1n) is 13.6. The van der Waals surface area contributed by atoms with E-state index in [1.165, 1.54) is 5.56 Å². The third-order valence-corrected chi connectivity index (χ3v) is 7.15. The summed E-state index contributed by atoms with van der Waals surface area (Å²) in [7, 11) is 3.74. The van der Waals surface area contributed by atoms with E-state index in [1.54, 1.807) is 11.6 Å². The molecule has 0 spiro atoms. The number of hydrogen-bond acceptors (Lipinski definition) is 5. The molecule has 0 atom stereocenters. The minimum atomic E-state index is -0.0760. The number of hydrogen-bond donors (Lipinski definition) is 0. The largest absolute Gasteiger partial charge is 0.492 e. The smallest absolute Gasteiger partial charge is 0.264 e. The number of aryl methyl sites for hydroxylation is 4. The van der Waals surface area contributed by atoms with Crippen molar-refractivity contribution in [2.45, 2.75) is 20.8 Å². The van der Waals surface area contributed by atoms with Crippen LogP contribution in [0.3, 0.4) is 0 Å². The Balaban J connectivity index is 1.50. The van der Waals surface area contributed by atoms with Gasteiger partial charge in [0.05, 0.1) is 18.5 Å². The van der Waals surface area contributed by atoms with Crippen LogP contribution in [0.1, 0.15) is 16.7 Å². The van der Waals surface area contributed by atoms with Crippen LogP contribution in [0.15, 0.2) is 83.8 Å². The van der Waals surface area contributed by atoms with E-state index in [4.69, 9.17) is 14.5 Å². The SMILES string of the molecule is Cc1cc(C)c(-c2cn(C)c3nc(N(CCOc4ccccc4)CCOc4ccccc4)n(C)c(=O)c23)c(C)c1. The van der Waals surface area contributed by atoms with Gasteiger partial charge in [0.2, 0.25) is 5.95 Å². The first kappa shape index (κ1) is 27.1. The number of para-hydroxylation sites is 2. The van der Waals surface area contributed by atoms with Crippen LogP contribution in [0.2, 0.25) is 0 Å². The van der Waals surface area contributed by atoms with E-state index in [0.29, 0.717) is 43.3 Å². The van der Waals surface area contributed by atoms with E-state index in [2.05, 4.69) is 37.8 Å². The summed E-state index contributed by atoms with van der Waals surface area (Å²) in [5, 5.41) is 0.629. The normalized spacial score (nSPS) is 11.1. The third-order valence-electron chi connectivity index (χ3n) is 7.15. The maximum absolute atomic E-state index is 14.0. The van der Waals surface area contributed by atoms with Gasteiger partial charge in [0.25, 0.3) is 5.56 Å². The van der Waals surface area contributed by atoms with Crippen molar-refractivity contribution in [1.82, 2.24) is 14.1 Å². The molecule has 2 aromatic heterocycles. The number of aromatic nitrogens is 3. The van der Waals surface area contributed by atoms with Gasteiger partial charge < -0.3 is 18.9 Å². The molecule has 0 saturated heterocycles. The Hall–Kier alpha value is -4.52. The van der Waals surface area contributed by atoms with Crippen molar-refractivity contribution in [3.8, 4) is 22.6 Å². The molecule has 7 heteroatoms. The molecule has 3 aromatic carbocycles. The van der Waals surface area contributed by atoms with Crippen LogP contribution in [0, 0.1) is 20.8 Å². The van der Waals surface area contributed by atoms with Crippen molar-refractivity contribution in [2.75, 3.05) is 31.2 Å². The molecule has 0 radical (unpaired) electrons. The lowest BCUT2D eigenvalue weighted by Gasteiger charge is -2.25. The molecule has 2 heterocycles. The molecule has 5 rings (SSSR count).